The van der Waals surface area contributed by atoms with Crippen LogP contribution in [0.15, 0.2) is 29.2 Å². The molecule has 3 N–H and O–H groups in total. The molecule has 1 aliphatic heterocycles. The van der Waals surface area contributed by atoms with Crippen LogP contribution in [0.5, 0.6) is 0 Å². The maximum Gasteiger partial charge on any atom is 0.240 e. The molecule has 140 valence electrons. The van der Waals surface area contributed by atoms with E-state index in [2.05, 4.69) is 15.4 Å². The maximum atomic E-state index is 12.1. The van der Waals surface area contributed by atoms with E-state index in [1.54, 1.807) is 24.3 Å². The van der Waals surface area contributed by atoms with Crippen LogP contribution in [0.25, 0.3) is 0 Å². The Hall–Kier alpha value is -1.15. The second-order valence-electron chi connectivity index (χ2n) is 6.65. The molecule has 8 heteroatoms. The Kier molecular flexibility index (Phi) is 7.25. The van der Waals surface area contributed by atoms with Gasteiger partial charge in [-0.1, -0.05) is 12.1 Å². The number of sulfonamides is 1. The molecular weight excluding hydrogens is 362 g/mol. The SMILES string of the molecule is Cl.O=C(CCc1ccc(S(=O)(=O)NC2CC2)cc1)NC1CCCNC1. The van der Waals surface area contributed by atoms with Crippen molar-refractivity contribution in [3.8, 4) is 0 Å². The number of piperidine rings is 1. The van der Waals surface area contributed by atoms with Gasteiger partial charge in [0.15, 0.2) is 0 Å². The molecule has 1 heterocycles. The normalized spacial score (nSPS) is 20.6. The van der Waals surface area contributed by atoms with Crippen LogP contribution in [0.1, 0.15) is 37.7 Å². The summed E-state index contributed by atoms with van der Waals surface area (Å²) in [7, 11) is -3.40. The predicted octanol–water partition coefficient (Wildman–Crippen LogP) is 1.35. The smallest absolute Gasteiger partial charge is 0.240 e. The number of aryl methyl sites for hydroxylation is 1. The quantitative estimate of drug-likeness (QED) is 0.659. The number of hydrogen-bond donors (Lipinski definition) is 3. The summed E-state index contributed by atoms with van der Waals surface area (Å²) in [5, 5.41) is 6.32. The van der Waals surface area contributed by atoms with Gasteiger partial charge in [-0.15, -0.1) is 12.4 Å². The highest BCUT2D eigenvalue weighted by Gasteiger charge is 2.27. The molecule has 6 nitrogen and oxygen atoms in total. The molecule has 1 amide bonds. The van der Waals surface area contributed by atoms with Crippen molar-refractivity contribution in [3.63, 3.8) is 0 Å². The molecule has 1 saturated carbocycles. The van der Waals surface area contributed by atoms with Crippen molar-refractivity contribution in [2.24, 2.45) is 0 Å². The lowest BCUT2D eigenvalue weighted by atomic mass is 10.1. The Morgan fingerprint density at radius 1 is 1.12 bits per heavy atom. The van der Waals surface area contributed by atoms with Gasteiger partial charge in [0.1, 0.15) is 0 Å². The summed E-state index contributed by atoms with van der Waals surface area (Å²) in [5.74, 6) is 0.0517. The van der Waals surface area contributed by atoms with Gasteiger partial charge in [0, 0.05) is 25.0 Å². The van der Waals surface area contributed by atoms with E-state index < -0.39 is 10.0 Å². The van der Waals surface area contributed by atoms with Crippen molar-refractivity contribution in [3.05, 3.63) is 29.8 Å². The molecule has 2 fully saturated rings. The summed E-state index contributed by atoms with van der Waals surface area (Å²) in [4.78, 5) is 12.3. The molecule has 0 aromatic heterocycles. The molecule has 0 radical (unpaired) electrons. The van der Waals surface area contributed by atoms with E-state index in [4.69, 9.17) is 0 Å². The van der Waals surface area contributed by atoms with E-state index in [1.807, 2.05) is 0 Å². The fraction of sp³-hybridized carbons (Fsp3) is 0.588. The van der Waals surface area contributed by atoms with Gasteiger partial charge in [0.05, 0.1) is 4.90 Å². The Bertz CT molecular complexity index is 669. The highest BCUT2D eigenvalue weighted by molar-refractivity contribution is 7.89. The van der Waals surface area contributed by atoms with Gasteiger partial charge in [-0.25, -0.2) is 13.1 Å². The van der Waals surface area contributed by atoms with Crippen LogP contribution < -0.4 is 15.4 Å². The zero-order chi connectivity index (χ0) is 17.0. The zero-order valence-electron chi connectivity index (χ0n) is 14.2. The molecule has 0 bridgehead atoms. The molecular formula is C17H26ClN3O3S. The molecule has 2 aliphatic rings. The standard InChI is InChI=1S/C17H25N3O3S.ClH/c21-17(19-15-2-1-11-18-12-15)10-5-13-3-8-16(9-4-13)24(22,23)20-14-6-7-14;/h3-4,8-9,14-15,18,20H,1-2,5-7,10-12H2,(H,19,21);1H. The van der Waals surface area contributed by atoms with Gasteiger partial charge in [-0.05, 0) is 56.3 Å². The number of benzene rings is 1. The van der Waals surface area contributed by atoms with E-state index >= 15 is 0 Å². The number of rotatable bonds is 7. The minimum Gasteiger partial charge on any atom is -0.352 e. The van der Waals surface area contributed by atoms with Crippen molar-refractivity contribution >= 4 is 28.3 Å². The number of amides is 1. The van der Waals surface area contributed by atoms with Crippen LogP contribution in [-0.4, -0.2) is 39.5 Å². The average molecular weight is 388 g/mol. The Morgan fingerprint density at radius 3 is 2.44 bits per heavy atom. The number of carbonyl (C=O) groups is 1. The van der Waals surface area contributed by atoms with Gasteiger partial charge < -0.3 is 10.6 Å². The molecule has 0 spiro atoms. The van der Waals surface area contributed by atoms with Crippen molar-refractivity contribution < 1.29 is 13.2 Å². The van der Waals surface area contributed by atoms with Crippen LogP contribution in [0.4, 0.5) is 0 Å². The first-order chi connectivity index (χ1) is 11.5. The average Bonchev–Trinajstić information content (AvgIpc) is 3.37. The molecule has 1 aromatic rings. The summed E-state index contributed by atoms with van der Waals surface area (Å²) in [6.45, 7) is 1.86. The van der Waals surface area contributed by atoms with Gasteiger partial charge in [0.2, 0.25) is 15.9 Å². The van der Waals surface area contributed by atoms with Gasteiger partial charge >= 0.3 is 0 Å². The van der Waals surface area contributed by atoms with Crippen LogP contribution in [0, 0.1) is 0 Å². The third-order valence-electron chi connectivity index (χ3n) is 4.44. The summed E-state index contributed by atoms with van der Waals surface area (Å²) in [6.07, 6.45) is 4.99. The van der Waals surface area contributed by atoms with Gasteiger partial charge in [0.25, 0.3) is 0 Å². The molecule has 1 saturated heterocycles. The first-order valence-corrected chi connectivity index (χ1v) is 10.1. The highest BCUT2D eigenvalue weighted by atomic mass is 35.5. The maximum absolute atomic E-state index is 12.1. The number of carbonyl (C=O) groups excluding carboxylic acids is 1. The lowest BCUT2D eigenvalue weighted by Gasteiger charge is -2.23. The minimum absolute atomic E-state index is 0. The minimum atomic E-state index is -3.40. The monoisotopic (exact) mass is 387 g/mol. The zero-order valence-corrected chi connectivity index (χ0v) is 15.8. The third-order valence-corrected chi connectivity index (χ3v) is 5.97. The highest BCUT2D eigenvalue weighted by Crippen LogP contribution is 2.22. The van der Waals surface area contributed by atoms with Crippen molar-refractivity contribution in [2.75, 3.05) is 13.1 Å². The predicted molar refractivity (Wildman–Crippen MR) is 99.4 cm³/mol. The summed E-state index contributed by atoms with van der Waals surface area (Å²) < 4.78 is 26.9. The second kappa shape index (κ2) is 8.98. The first kappa shape index (κ1) is 20.2. The second-order valence-corrected chi connectivity index (χ2v) is 8.36. The number of hydrogen-bond acceptors (Lipinski definition) is 4. The summed E-state index contributed by atoms with van der Waals surface area (Å²) in [6, 6.07) is 7.14. The van der Waals surface area contributed by atoms with Crippen molar-refractivity contribution in [2.45, 2.75) is 55.5 Å². The summed E-state index contributed by atoms with van der Waals surface area (Å²) in [5.41, 5.74) is 0.970. The Balaban J connectivity index is 0.00000225. The molecule has 1 atom stereocenters. The van der Waals surface area contributed by atoms with Crippen LogP contribution >= 0.6 is 12.4 Å². The lowest BCUT2D eigenvalue weighted by Crippen LogP contribution is -2.45. The van der Waals surface area contributed by atoms with Gasteiger partial charge in [-0.3, -0.25) is 4.79 Å². The first-order valence-electron chi connectivity index (χ1n) is 8.64. The van der Waals surface area contributed by atoms with Gasteiger partial charge in [-0.2, -0.15) is 0 Å². The van der Waals surface area contributed by atoms with E-state index in [1.165, 1.54) is 0 Å². The van der Waals surface area contributed by atoms with Crippen LogP contribution in [0.2, 0.25) is 0 Å². The topological polar surface area (TPSA) is 87.3 Å². The van der Waals surface area contributed by atoms with Crippen LogP contribution in [0.3, 0.4) is 0 Å². The number of nitrogens with one attached hydrogen (secondary N) is 3. The Morgan fingerprint density at radius 2 is 1.84 bits per heavy atom. The van der Waals surface area contributed by atoms with E-state index in [0.717, 1.165) is 44.3 Å². The fourth-order valence-electron chi connectivity index (χ4n) is 2.86. The third kappa shape index (κ3) is 6.26. The summed E-state index contributed by atoms with van der Waals surface area (Å²) >= 11 is 0. The van der Waals surface area contributed by atoms with E-state index in [-0.39, 0.29) is 35.3 Å². The molecule has 1 unspecified atom stereocenters. The van der Waals surface area contributed by atoms with E-state index in [9.17, 15) is 13.2 Å². The molecule has 25 heavy (non-hydrogen) atoms. The van der Waals surface area contributed by atoms with E-state index in [0.29, 0.717) is 12.8 Å². The van der Waals surface area contributed by atoms with Crippen molar-refractivity contribution in [1.29, 1.82) is 0 Å². The lowest BCUT2D eigenvalue weighted by molar-refractivity contribution is -0.121. The van der Waals surface area contributed by atoms with Crippen molar-refractivity contribution in [1.82, 2.24) is 15.4 Å². The van der Waals surface area contributed by atoms with Crippen LogP contribution in [-0.2, 0) is 21.2 Å². The molecule has 1 aliphatic carbocycles. The fourth-order valence-corrected chi connectivity index (χ4v) is 4.16. The number of halogens is 1. The Labute approximate surface area is 155 Å². The molecule has 1 aromatic carbocycles. The molecule has 3 rings (SSSR count). The largest absolute Gasteiger partial charge is 0.352 e.